The number of hydrogen-bond donors (Lipinski definition) is 0. The predicted octanol–water partition coefficient (Wildman–Crippen LogP) is 1.45. The first-order chi connectivity index (χ1) is 4.01. The molecule has 0 nitrogen and oxygen atoms in total. The second kappa shape index (κ2) is 1.85. The average Bonchev–Trinajstić information content (AvgIpc) is 2.22. The maximum atomic E-state index is 2.44. The van der Waals surface area contributed by atoms with Crippen LogP contribution >= 0.6 is 0 Å². The normalized spacial score (nSPS) is 50.3. The van der Waals surface area contributed by atoms with Crippen LogP contribution in [-0.2, 0) is 0 Å². The van der Waals surface area contributed by atoms with Crippen molar-refractivity contribution in [3.05, 3.63) is 0 Å². The van der Waals surface area contributed by atoms with Gasteiger partial charge in [0.25, 0.3) is 0 Å². The Morgan fingerprint density at radius 1 is 1.44 bits per heavy atom. The maximum Gasteiger partial charge on any atom is 0.00781 e. The van der Waals surface area contributed by atoms with Crippen LogP contribution in [0.1, 0.15) is 27.7 Å². The minimum Gasteiger partial charge on any atom is -0.0622 e. The SMILES string of the molecule is CC(C)C1(C)C(C)C1[SiH3]. The molecule has 0 aromatic carbocycles. The van der Waals surface area contributed by atoms with Crippen LogP contribution in [0.2, 0.25) is 5.54 Å². The Balaban J connectivity index is 2.60. The summed E-state index contributed by atoms with van der Waals surface area (Å²) in [6, 6.07) is 0. The largest absolute Gasteiger partial charge is 0.0622 e. The summed E-state index contributed by atoms with van der Waals surface area (Å²) in [5.74, 6) is 1.92. The lowest BCUT2D eigenvalue weighted by Gasteiger charge is -2.14. The fourth-order valence-electron chi connectivity index (χ4n) is 2.07. The molecule has 1 aliphatic carbocycles. The van der Waals surface area contributed by atoms with Gasteiger partial charge in [0.05, 0.1) is 0 Å². The summed E-state index contributed by atoms with van der Waals surface area (Å²) in [4.78, 5) is 0. The van der Waals surface area contributed by atoms with Crippen LogP contribution in [0.4, 0.5) is 0 Å². The molecule has 0 aliphatic heterocycles. The highest BCUT2D eigenvalue weighted by Crippen LogP contribution is 2.65. The molecule has 0 saturated heterocycles. The zero-order valence-electron chi connectivity index (χ0n) is 7.23. The van der Waals surface area contributed by atoms with E-state index in [0.717, 1.165) is 22.8 Å². The van der Waals surface area contributed by atoms with Crippen LogP contribution in [0.3, 0.4) is 0 Å². The molecule has 3 unspecified atom stereocenters. The minimum atomic E-state index is 0.728. The maximum absolute atomic E-state index is 2.44. The van der Waals surface area contributed by atoms with Crippen molar-refractivity contribution in [2.45, 2.75) is 33.2 Å². The summed E-state index contributed by atoms with van der Waals surface area (Å²) >= 11 is 0. The van der Waals surface area contributed by atoms with Crippen LogP contribution in [0.5, 0.6) is 0 Å². The van der Waals surface area contributed by atoms with Gasteiger partial charge in [0, 0.05) is 10.2 Å². The fraction of sp³-hybridized carbons (Fsp3) is 1.00. The van der Waals surface area contributed by atoms with Gasteiger partial charge in [-0.1, -0.05) is 27.7 Å². The third-order valence-electron chi connectivity index (χ3n) is 3.85. The molecule has 0 amide bonds. The third kappa shape index (κ3) is 0.777. The van der Waals surface area contributed by atoms with Gasteiger partial charge in [0.1, 0.15) is 0 Å². The Bertz CT molecular complexity index is 100. The van der Waals surface area contributed by atoms with Crippen molar-refractivity contribution in [2.24, 2.45) is 17.3 Å². The first-order valence-corrected chi connectivity index (χ1v) is 5.16. The minimum absolute atomic E-state index is 0.728. The highest BCUT2D eigenvalue weighted by molar-refractivity contribution is 6.14. The summed E-state index contributed by atoms with van der Waals surface area (Å²) in [6.07, 6.45) is 0. The van der Waals surface area contributed by atoms with Crippen molar-refractivity contribution >= 4 is 10.2 Å². The van der Waals surface area contributed by atoms with Gasteiger partial charge in [-0.15, -0.1) is 0 Å². The van der Waals surface area contributed by atoms with Gasteiger partial charge in [-0.2, -0.15) is 0 Å². The molecule has 0 N–H and O–H groups in total. The molecule has 0 spiro atoms. The van der Waals surface area contributed by atoms with Crippen molar-refractivity contribution < 1.29 is 0 Å². The van der Waals surface area contributed by atoms with Crippen molar-refractivity contribution in [1.82, 2.24) is 0 Å². The van der Waals surface area contributed by atoms with E-state index in [2.05, 4.69) is 27.7 Å². The van der Waals surface area contributed by atoms with Gasteiger partial charge in [-0.05, 0) is 22.8 Å². The van der Waals surface area contributed by atoms with E-state index in [1.807, 2.05) is 0 Å². The first-order valence-electron chi connectivity index (χ1n) is 4.01. The first kappa shape index (κ1) is 7.33. The topological polar surface area (TPSA) is 0 Å². The van der Waals surface area contributed by atoms with Gasteiger partial charge in [0.15, 0.2) is 0 Å². The number of hydrogen-bond acceptors (Lipinski definition) is 0. The zero-order chi connectivity index (χ0) is 7.23. The Kier molecular flexibility index (Phi) is 1.50. The molecule has 1 fully saturated rings. The lowest BCUT2D eigenvalue weighted by molar-refractivity contribution is 0.366. The van der Waals surface area contributed by atoms with E-state index in [4.69, 9.17) is 0 Å². The third-order valence-corrected chi connectivity index (χ3v) is 6.09. The molecule has 3 atom stereocenters. The molecule has 9 heavy (non-hydrogen) atoms. The molecule has 0 aromatic rings. The smallest absolute Gasteiger partial charge is 0.00781 e. The Morgan fingerprint density at radius 2 is 1.78 bits per heavy atom. The Morgan fingerprint density at radius 3 is 1.78 bits per heavy atom. The van der Waals surface area contributed by atoms with E-state index in [1.165, 1.54) is 10.2 Å². The molecule has 1 aliphatic rings. The lowest BCUT2D eigenvalue weighted by atomic mass is 9.92. The van der Waals surface area contributed by atoms with E-state index < -0.39 is 0 Å². The molecular weight excluding hydrogens is 124 g/mol. The highest BCUT2D eigenvalue weighted by atomic mass is 28.1. The van der Waals surface area contributed by atoms with Gasteiger partial charge in [-0.3, -0.25) is 0 Å². The van der Waals surface area contributed by atoms with Crippen molar-refractivity contribution in [3.63, 3.8) is 0 Å². The van der Waals surface area contributed by atoms with Crippen LogP contribution in [0, 0.1) is 17.3 Å². The van der Waals surface area contributed by atoms with Crippen LogP contribution in [0.15, 0.2) is 0 Å². The van der Waals surface area contributed by atoms with Crippen LogP contribution < -0.4 is 0 Å². The van der Waals surface area contributed by atoms with E-state index in [-0.39, 0.29) is 0 Å². The fourth-order valence-corrected chi connectivity index (χ4v) is 3.79. The summed E-state index contributed by atoms with van der Waals surface area (Å²) < 4.78 is 0. The molecule has 0 aromatic heterocycles. The average molecular weight is 142 g/mol. The number of rotatable bonds is 1. The molecule has 1 saturated carbocycles. The summed E-state index contributed by atoms with van der Waals surface area (Å²) in [7, 11) is 1.40. The van der Waals surface area contributed by atoms with Crippen molar-refractivity contribution in [2.75, 3.05) is 0 Å². The summed E-state index contributed by atoms with van der Waals surface area (Å²) in [5.41, 5.74) is 1.82. The van der Waals surface area contributed by atoms with Gasteiger partial charge in [0.2, 0.25) is 0 Å². The van der Waals surface area contributed by atoms with Crippen molar-refractivity contribution in [1.29, 1.82) is 0 Å². The molecule has 1 heteroatoms. The molecule has 0 radical (unpaired) electrons. The monoisotopic (exact) mass is 142 g/mol. The highest BCUT2D eigenvalue weighted by Gasteiger charge is 2.56. The summed E-state index contributed by atoms with van der Waals surface area (Å²) in [6.45, 7) is 9.56. The second-order valence-electron chi connectivity index (χ2n) is 4.10. The van der Waals surface area contributed by atoms with Gasteiger partial charge in [-0.25, -0.2) is 0 Å². The zero-order valence-corrected chi connectivity index (χ0v) is 9.23. The van der Waals surface area contributed by atoms with E-state index >= 15 is 0 Å². The Hall–Kier alpha value is 0.217. The van der Waals surface area contributed by atoms with Gasteiger partial charge >= 0.3 is 0 Å². The molecule has 54 valence electrons. The van der Waals surface area contributed by atoms with E-state index in [0.29, 0.717) is 0 Å². The summed E-state index contributed by atoms with van der Waals surface area (Å²) in [5, 5.41) is 0. The van der Waals surface area contributed by atoms with Crippen molar-refractivity contribution in [3.8, 4) is 0 Å². The molecule has 0 heterocycles. The van der Waals surface area contributed by atoms with Crippen LogP contribution in [-0.4, -0.2) is 10.2 Å². The van der Waals surface area contributed by atoms with E-state index in [9.17, 15) is 0 Å². The molecular formula is C8H18Si. The standard InChI is InChI=1S/C8H18Si/c1-5(2)8(4)6(3)7(8)9/h5-7H,1-4,9H3. The lowest BCUT2D eigenvalue weighted by Crippen LogP contribution is -2.07. The van der Waals surface area contributed by atoms with Gasteiger partial charge < -0.3 is 0 Å². The molecule has 1 rings (SSSR count). The second-order valence-corrected chi connectivity index (χ2v) is 5.34. The Labute approximate surface area is 61.5 Å². The van der Waals surface area contributed by atoms with E-state index in [1.54, 1.807) is 0 Å². The quantitative estimate of drug-likeness (QED) is 0.486. The predicted molar refractivity (Wildman–Crippen MR) is 45.8 cm³/mol. The molecule has 0 bridgehead atoms. The van der Waals surface area contributed by atoms with Crippen LogP contribution in [0.25, 0.3) is 0 Å².